The van der Waals surface area contributed by atoms with Crippen LogP contribution in [0.4, 0.5) is 0 Å². The van der Waals surface area contributed by atoms with Crippen LogP contribution in [-0.4, -0.2) is 20.8 Å². The van der Waals surface area contributed by atoms with Gasteiger partial charge in [-0.15, -0.1) is 0 Å². The van der Waals surface area contributed by atoms with E-state index in [0.29, 0.717) is 6.42 Å². The van der Waals surface area contributed by atoms with Gasteiger partial charge in [0, 0.05) is 24.2 Å². The zero-order chi connectivity index (χ0) is 9.84. The number of nitrogens with zero attached hydrogens (tertiary/aromatic N) is 3. The summed E-state index contributed by atoms with van der Waals surface area (Å²) in [7, 11) is 0. The van der Waals surface area contributed by atoms with E-state index in [1.807, 2.05) is 18.5 Å². The Kier molecular flexibility index (Phi) is 2.89. The minimum Gasteiger partial charge on any atom is -0.409 e. The number of amidine groups is 1. The molecule has 0 unspecified atom stereocenters. The summed E-state index contributed by atoms with van der Waals surface area (Å²) in [5.74, 6) is 0.207. The highest BCUT2D eigenvalue weighted by Crippen LogP contribution is 2.07. The third kappa shape index (κ3) is 1.99. The van der Waals surface area contributed by atoms with E-state index in [2.05, 4.69) is 10.3 Å². The fourth-order valence-electron chi connectivity index (χ4n) is 1.21. The Morgan fingerprint density at radius 1 is 1.77 bits per heavy atom. The number of oxime groups is 1. The Balaban J connectivity index is 2.84. The standard InChI is InChI=1S/C8H14N4O/c1-3-12-6(2)7(5-10-12)4-8(9)11-13/h5,13H,3-4H2,1-2H3,(H2,9,11). The molecular weight excluding hydrogens is 168 g/mol. The summed E-state index contributed by atoms with van der Waals surface area (Å²) < 4.78 is 1.87. The Hall–Kier alpha value is -1.52. The van der Waals surface area contributed by atoms with Crippen LogP contribution in [0.15, 0.2) is 11.4 Å². The maximum atomic E-state index is 8.39. The molecule has 0 aliphatic carbocycles. The summed E-state index contributed by atoms with van der Waals surface area (Å²) in [5.41, 5.74) is 7.45. The van der Waals surface area contributed by atoms with E-state index in [4.69, 9.17) is 10.9 Å². The third-order valence-electron chi connectivity index (χ3n) is 2.00. The Bertz CT molecular complexity index is 316. The van der Waals surface area contributed by atoms with Crippen molar-refractivity contribution >= 4 is 5.84 Å². The summed E-state index contributed by atoms with van der Waals surface area (Å²) in [6, 6.07) is 0. The van der Waals surface area contributed by atoms with Crippen molar-refractivity contribution in [3.63, 3.8) is 0 Å². The summed E-state index contributed by atoms with van der Waals surface area (Å²) in [6.45, 7) is 4.83. The summed E-state index contributed by atoms with van der Waals surface area (Å²) in [4.78, 5) is 0. The van der Waals surface area contributed by atoms with Gasteiger partial charge in [0.2, 0.25) is 0 Å². The molecule has 0 amide bonds. The highest BCUT2D eigenvalue weighted by molar-refractivity contribution is 5.82. The van der Waals surface area contributed by atoms with Crippen LogP contribution in [0.25, 0.3) is 0 Å². The van der Waals surface area contributed by atoms with Crippen molar-refractivity contribution in [2.45, 2.75) is 26.8 Å². The van der Waals surface area contributed by atoms with E-state index >= 15 is 0 Å². The van der Waals surface area contributed by atoms with E-state index in [1.54, 1.807) is 6.20 Å². The number of rotatable bonds is 3. The van der Waals surface area contributed by atoms with E-state index in [0.717, 1.165) is 17.8 Å². The quantitative estimate of drug-likeness (QED) is 0.309. The normalized spacial score (nSPS) is 12.0. The largest absolute Gasteiger partial charge is 0.409 e. The number of aryl methyl sites for hydroxylation is 1. The lowest BCUT2D eigenvalue weighted by atomic mass is 10.2. The minimum absolute atomic E-state index is 0.207. The van der Waals surface area contributed by atoms with E-state index in [-0.39, 0.29) is 5.84 Å². The first-order valence-electron chi connectivity index (χ1n) is 4.16. The molecule has 1 aromatic heterocycles. The first-order chi connectivity index (χ1) is 6.19. The van der Waals surface area contributed by atoms with Crippen LogP contribution in [0, 0.1) is 6.92 Å². The summed E-state index contributed by atoms with van der Waals surface area (Å²) in [5, 5.41) is 15.5. The van der Waals surface area contributed by atoms with Gasteiger partial charge in [-0.25, -0.2) is 0 Å². The molecule has 1 rings (SSSR count). The molecule has 72 valence electrons. The molecule has 3 N–H and O–H groups in total. The molecule has 0 atom stereocenters. The van der Waals surface area contributed by atoms with Gasteiger partial charge in [-0.05, 0) is 13.8 Å². The fraction of sp³-hybridized carbons (Fsp3) is 0.500. The zero-order valence-corrected chi connectivity index (χ0v) is 7.86. The summed E-state index contributed by atoms with van der Waals surface area (Å²) >= 11 is 0. The van der Waals surface area contributed by atoms with Crippen LogP contribution in [0.1, 0.15) is 18.2 Å². The molecule has 0 aromatic carbocycles. The summed E-state index contributed by atoms with van der Waals surface area (Å²) in [6.07, 6.45) is 2.19. The molecule has 0 saturated heterocycles. The van der Waals surface area contributed by atoms with Gasteiger partial charge in [0.05, 0.1) is 6.20 Å². The SMILES string of the molecule is CCn1ncc(C/C(N)=N/O)c1C. The van der Waals surface area contributed by atoms with Gasteiger partial charge in [-0.1, -0.05) is 5.16 Å². The maximum absolute atomic E-state index is 8.39. The van der Waals surface area contributed by atoms with Crippen LogP contribution in [0.3, 0.4) is 0 Å². The highest BCUT2D eigenvalue weighted by Gasteiger charge is 2.06. The fourth-order valence-corrected chi connectivity index (χ4v) is 1.21. The number of hydrogen-bond donors (Lipinski definition) is 2. The molecule has 0 aliphatic rings. The molecule has 5 heteroatoms. The van der Waals surface area contributed by atoms with Gasteiger partial charge in [-0.2, -0.15) is 5.10 Å². The molecule has 0 saturated carbocycles. The average Bonchev–Trinajstić information content (AvgIpc) is 2.48. The van der Waals surface area contributed by atoms with Crippen LogP contribution in [0.2, 0.25) is 0 Å². The Labute approximate surface area is 76.8 Å². The van der Waals surface area contributed by atoms with Gasteiger partial charge < -0.3 is 10.9 Å². The number of nitrogens with two attached hydrogens (primary N) is 1. The topological polar surface area (TPSA) is 76.4 Å². The van der Waals surface area contributed by atoms with Crippen molar-refractivity contribution in [3.8, 4) is 0 Å². The molecule has 0 bridgehead atoms. The second kappa shape index (κ2) is 3.93. The van der Waals surface area contributed by atoms with Gasteiger partial charge >= 0.3 is 0 Å². The maximum Gasteiger partial charge on any atom is 0.143 e. The molecule has 0 radical (unpaired) electrons. The first-order valence-corrected chi connectivity index (χ1v) is 4.16. The molecule has 0 aliphatic heterocycles. The van der Waals surface area contributed by atoms with E-state index in [1.165, 1.54) is 0 Å². The predicted molar refractivity (Wildman–Crippen MR) is 49.8 cm³/mol. The molecule has 5 nitrogen and oxygen atoms in total. The van der Waals surface area contributed by atoms with Crippen molar-refractivity contribution in [1.82, 2.24) is 9.78 Å². The van der Waals surface area contributed by atoms with Gasteiger partial charge in [0.15, 0.2) is 0 Å². The van der Waals surface area contributed by atoms with Crippen LogP contribution in [-0.2, 0) is 13.0 Å². The van der Waals surface area contributed by atoms with E-state index < -0.39 is 0 Å². The lowest BCUT2D eigenvalue weighted by Gasteiger charge is -2.00. The van der Waals surface area contributed by atoms with Crippen LogP contribution < -0.4 is 5.73 Å². The molecular formula is C8H14N4O. The zero-order valence-electron chi connectivity index (χ0n) is 7.86. The van der Waals surface area contributed by atoms with Crippen LogP contribution in [0.5, 0.6) is 0 Å². The van der Waals surface area contributed by atoms with E-state index in [9.17, 15) is 0 Å². The lowest BCUT2D eigenvalue weighted by molar-refractivity contribution is 0.317. The van der Waals surface area contributed by atoms with Crippen molar-refractivity contribution in [2.24, 2.45) is 10.9 Å². The number of aromatic nitrogens is 2. The molecule has 0 fully saturated rings. The Morgan fingerprint density at radius 3 is 2.92 bits per heavy atom. The van der Waals surface area contributed by atoms with Crippen molar-refractivity contribution in [2.75, 3.05) is 0 Å². The minimum atomic E-state index is 0.207. The molecule has 1 aromatic rings. The molecule has 0 spiro atoms. The second-order valence-corrected chi connectivity index (χ2v) is 2.84. The van der Waals surface area contributed by atoms with Crippen molar-refractivity contribution < 1.29 is 5.21 Å². The monoisotopic (exact) mass is 182 g/mol. The van der Waals surface area contributed by atoms with Gasteiger partial charge in [-0.3, -0.25) is 4.68 Å². The van der Waals surface area contributed by atoms with Gasteiger partial charge in [0.1, 0.15) is 5.84 Å². The van der Waals surface area contributed by atoms with Crippen molar-refractivity contribution in [3.05, 3.63) is 17.5 Å². The Morgan fingerprint density at radius 2 is 2.46 bits per heavy atom. The molecule has 1 heterocycles. The lowest BCUT2D eigenvalue weighted by Crippen LogP contribution is -2.15. The smallest absolute Gasteiger partial charge is 0.143 e. The van der Waals surface area contributed by atoms with Crippen molar-refractivity contribution in [1.29, 1.82) is 0 Å². The number of hydrogen-bond acceptors (Lipinski definition) is 3. The van der Waals surface area contributed by atoms with Gasteiger partial charge in [0.25, 0.3) is 0 Å². The van der Waals surface area contributed by atoms with Crippen LogP contribution >= 0.6 is 0 Å². The highest BCUT2D eigenvalue weighted by atomic mass is 16.4. The second-order valence-electron chi connectivity index (χ2n) is 2.84. The first kappa shape index (κ1) is 9.57. The predicted octanol–water partition coefficient (Wildman–Crippen LogP) is 0.500. The third-order valence-corrected chi connectivity index (χ3v) is 2.00. The molecule has 13 heavy (non-hydrogen) atoms. The average molecular weight is 182 g/mol.